The number of furan rings is 2. The Labute approximate surface area is 300 Å². The van der Waals surface area contributed by atoms with Crippen molar-refractivity contribution in [2.24, 2.45) is 0 Å². The molecule has 8 aromatic carbocycles. The van der Waals surface area contributed by atoms with Gasteiger partial charge in [0.25, 0.3) is 0 Å². The third-order valence-electron chi connectivity index (χ3n) is 10.3. The Bertz CT molecular complexity index is 3410. The smallest absolute Gasteiger partial charge is 0.227 e. The first kappa shape index (κ1) is 28.3. The minimum absolute atomic E-state index is 0.515. The van der Waals surface area contributed by atoms with Crippen molar-refractivity contribution in [3.05, 3.63) is 146 Å². The maximum Gasteiger partial charge on any atom is 0.227 e. The van der Waals surface area contributed by atoms with Crippen LogP contribution in [0.5, 0.6) is 0 Å². The number of fused-ring (bicyclic) bond motifs is 7. The van der Waals surface area contributed by atoms with Gasteiger partial charge in [-0.1, -0.05) is 97.1 Å². The summed E-state index contributed by atoms with van der Waals surface area (Å²) < 4.78 is 19.4. The van der Waals surface area contributed by atoms with Crippen molar-refractivity contribution in [2.75, 3.05) is 0 Å². The van der Waals surface area contributed by atoms with E-state index >= 15 is 0 Å². The molecule has 0 unspecified atom stereocenters. The molecule has 0 saturated carbocycles. The molecule has 0 aliphatic carbocycles. The highest BCUT2D eigenvalue weighted by atomic mass is 16.4. The summed E-state index contributed by atoms with van der Waals surface area (Å²) in [6.07, 6.45) is 0. The van der Waals surface area contributed by atoms with Gasteiger partial charge in [-0.3, -0.25) is 0 Å². The van der Waals surface area contributed by atoms with Gasteiger partial charge in [0, 0.05) is 54.6 Å². The Morgan fingerprint density at radius 2 is 1.04 bits per heavy atom. The molecule has 7 heteroatoms. The number of nitrogens with zero attached hydrogens (tertiary/aromatic N) is 4. The number of benzene rings is 8. The van der Waals surface area contributed by atoms with E-state index in [1.54, 1.807) is 0 Å². The number of aromatic nitrogens is 4. The van der Waals surface area contributed by atoms with Crippen LogP contribution < -0.4 is 0 Å². The van der Waals surface area contributed by atoms with Gasteiger partial charge in [0.15, 0.2) is 23.1 Å². The number of hydrogen-bond donors (Lipinski definition) is 0. The van der Waals surface area contributed by atoms with Gasteiger partial charge in [-0.05, 0) is 59.3 Å². The van der Waals surface area contributed by atoms with Crippen molar-refractivity contribution in [1.29, 1.82) is 0 Å². The Kier molecular flexibility index (Phi) is 5.65. The molecule has 0 bridgehead atoms. The van der Waals surface area contributed by atoms with E-state index in [2.05, 4.69) is 48.5 Å². The van der Waals surface area contributed by atoms with Crippen molar-refractivity contribution in [2.45, 2.75) is 0 Å². The van der Waals surface area contributed by atoms with E-state index in [1.807, 2.05) is 97.1 Å². The molecule has 7 nitrogen and oxygen atoms in total. The first-order valence-corrected chi connectivity index (χ1v) is 17.5. The minimum atomic E-state index is 0.515. The Morgan fingerprint density at radius 3 is 1.94 bits per heavy atom. The van der Waals surface area contributed by atoms with E-state index in [0.29, 0.717) is 28.9 Å². The number of para-hydroxylation sites is 1. The van der Waals surface area contributed by atoms with Gasteiger partial charge in [0.05, 0.1) is 0 Å². The van der Waals surface area contributed by atoms with Crippen LogP contribution in [0, 0.1) is 0 Å². The first-order valence-electron chi connectivity index (χ1n) is 17.5. The van der Waals surface area contributed by atoms with E-state index in [1.165, 1.54) is 0 Å². The molecule has 12 aromatic rings. The fraction of sp³-hybridized carbons (Fsp3) is 0. The Balaban J connectivity index is 1.15. The molecule has 0 aliphatic heterocycles. The lowest BCUT2D eigenvalue weighted by Gasteiger charge is -2.11. The van der Waals surface area contributed by atoms with E-state index in [-0.39, 0.29) is 0 Å². The van der Waals surface area contributed by atoms with Gasteiger partial charge in [-0.25, -0.2) is 19.9 Å². The zero-order valence-electron chi connectivity index (χ0n) is 27.9. The second-order valence-electron chi connectivity index (χ2n) is 13.4. The summed E-state index contributed by atoms with van der Waals surface area (Å²) in [6.45, 7) is 0. The van der Waals surface area contributed by atoms with Crippen LogP contribution in [0.3, 0.4) is 0 Å². The zero-order chi connectivity index (χ0) is 34.6. The van der Waals surface area contributed by atoms with Crippen molar-refractivity contribution in [1.82, 2.24) is 19.9 Å². The largest absolute Gasteiger partial charge is 0.456 e. The summed E-state index contributed by atoms with van der Waals surface area (Å²) in [5.41, 5.74) is 8.01. The highest BCUT2D eigenvalue weighted by Crippen LogP contribution is 2.45. The topological polar surface area (TPSA) is 91.0 Å². The maximum absolute atomic E-state index is 6.55. The van der Waals surface area contributed by atoms with Crippen molar-refractivity contribution in [3.63, 3.8) is 0 Å². The lowest BCUT2D eigenvalue weighted by atomic mass is 9.98. The van der Waals surface area contributed by atoms with E-state index in [0.717, 1.165) is 93.2 Å². The van der Waals surface area contributed by atoms with Crippen LogP contribution in [-0.4, -0.2) is 19.9 Å². The second kappa shape index (κ2) is 10.6. The summed E-state index contributed by atoms with van der Waals surface area (Å²) in [5, 5.41) is 8.10. The molecule has 0 radical (unpaired) electrons. The average molecular weight is 681 g/mol. The van der Waals surface area contributed by atoms with Gasteiger partial charge in [0.1, 0.15) is 27.8 Å². The van der Waals surface area contributed by atoms with E-state index in [9.17, 15) is 0 Å². The molecule has 0 fully saturated rings. The molecule has 0 aliphatic rings. The van der Waals surface area contributed by atoms with Gasteiger partial charge in [-0.2, -0.15) is 0 Å². The van der Waals surface area contributed by atoms with Gasteiger partial charge >= 0.3 is 0 Å². The lowest BCUT2D eigenvalue weighted by Crippen LogP contribution is -2.00. The fourth-order valence-electron chi connectivity index (χ4n) is 7.88. The Morgan fingerprint density at radius 1 is 0.358 bits per heavy atom. The second-order valence-corrected chi connectivity index (χ2v) is 13.4. The van der Waals surface area contributed by atoms with Gasteiger partial charge in [-0.15, -0.1) is 0 Å². The first-order chi connectivity index (χ1) is 26.2. The molecule has 246 valence electrons. The van der Waals surface area contributed by atoms with Crippen molar-refractivity contribution < 1.29 is 13.3 Å². The van der Waals surface area contributed by atoms with Gasteiger partial charge in [0.2, 0.25) is 5.89 Å². The molecule has 0 N–H and O–H groups in total. The molecule has 4 aromatic heterocycles. The van der Waals surface area contributed by atoms with Crippen LogP contribution in [0.15, 0.2) is 159 Å². The number of rotatable bonds is 4. The van der Waals surface area contributed by atoms with Crippen LogP contribution in [0.4, 0.5) is 0 Å². The number of hydrogen-bond acceptors (Lipinski definition) is 7. The quantitative estimate of drug-likeness (QED) is 0.171. The zero-order valence-corrected chi connectivity index (χ0v) is 27.9. The predicted octanol–water partition coefficient (Wildman–Crippen LogP) is 12.2. The molecule has 0 saturated heterocycles. The molecule has 4 heterocycles. The molecule has 53 heavy (non-hydrogen) atoms. The van der Waals surface area contributed by atoms with Crippen molar-refractivity contribution >= 4 is 76.5 Å². The molecule has 12 rings (SSSR count). The van der Waals surface area contributed by atoms with Crippen LogP contribution in [0.2, 0.25) is 0 Å². The molecular weight excluding hydrogens is 657 g/mol. The molecular formula is C46H24N4O3. The fourth-order valence-corrected chi connectivity index (χ4v) is 7.88. The highest BCUT2D eigenvalue weighted by Gasteiger charge is 2.24. The van der Waals surface area contributed by atoms with Crippen LogP contribution in [0.25, 0.3) is 122 Å². The van der Waals surface area contributed by atoms with Crippen molar-refractivity contribution in [3.8, 4) is 45.6 Å². The molecule has 0 spiro atoms. The standard InChI is InChI=1S/C46H24N4O3/c1-2-11-26(12-3-1)46-47-41-33-23-29(24-37-40(33)39-31(42(41)53-46)15-8-19-36(39)52-37)44-48-43(28-21-20-25-10-4-5-13-27(25)22-28)49-45(50-44)32-16-9-18-35-38(32)30-14-6-7-17-34(30)51-35/h1-24H. The minimum Gasteiger partial charge on any atom is -0.456 e. The maximum atomic E-state index is 6.55. The summed E-state index contributed by atoms with van der Waals surface area (Å²) in [7, 11) is 0. The number of oxazole rings is 1. The summed E-state index contributed by atoms with van der Waals surface area (Å²) in [5.74, 6) is 2.19. The summed E-state index contributed by atoms with van der Waals surface area (Å²) in [6, 6.07) is 48.9. The monoisotopic (exact) mass is 680 g/mol. The Hall–Kier alpha value is -7.38. The van der Waals surface area contributed by atoms with Crippen LogP contribution in [0.1, 0.15) is 0 Å². The molecule has 0 amide bonds. The summed E-state index contributed by atoms with van der Waals surface area (Å²) in [4.78, 5) is 20.6. The third-order valence-corrected chi connectivity index (χ3v) is 10.3. The van der Waals surface area contributed by atoms with E-state index < -0.39 is 0 Å². The highest BCUT2D eigenvalue weighted by molar-refractivity contribution is 6.31. The van der Waals surface area contributed by atoms with Crippen LogP contribution >= 0.6 is 0 Å². The summed E-state index contributed by atoms with van der Waals surface area (Å²) >= 11 is 0. The molecule has 0 atom stereocenters. The third kappa shape index (κ3) is 4.16. The normalized spacial score (nSPS) is 12.2. The van der Waals surface area contributed by atoms with Gasteiger partial charge < -0.3 is 13.3 Å². The average Bonchev–Trinajstić information content (AvgIpc) is 3.95. The lowest BCUT2D eigenvalue weighted by molar-refractivity contribution is 0.623. The van der Waals surface area contributed by atoms with Crippen LogP contribution in [-0.2, 0) is 0 Å². The predicted molar refractivity (Wildman–Crippen MR) is 210 cm³/mol. The van der Waals surface area contributed by atoms with E-state index in [4.69, 9.17) is 33.2 Å². The SMILES string of the molecule is c1ccc(-c2nc3c4cc(-c5nc(-c6ccc7ccccc7c6)nc(-c6cccc7oc8ccccc8c67)n5)cc5oc6cccc(c3o2)c6c54)cc1.